The minimum atomic E-state index is -0.343. The minimum absolute atomic E-state index is 0.267. The van der Waals surface area contributed by atoms with Gasteiger partial charge in [-0.1, -0.05) is 17.7 Å². The third-order valence-electron chi connectivity index (χ3n) is 3.37. The van der Waals surface area contributed by atoms with Gasteiger partial charge < -0.3 is 9.88 Å². The van der Waals surface area contributed by atoms with Crippen LogP contribution in [0.5, 0.6) is 0 Å². The molecule has 1 amide bonds. The smallest absolute Gasteiger partial charge is 0.272 e. The van der Waals surface area contributed by atoms with Gasteiger partial charge in [-0.3, -0.25) is 4.79 Å². The van der Waals surface area contributed by atoms with Crippen LogP contribution in [0.25, 0.3) is 10.9 Å². The molecule has 21 heavy (non-hydrogen) atoms. The number of hydrogen-bond acceptors (Lipinski definition) is 1. The zero-order valence-corrected chi connectivity index (χ0v) is 12.0. The van der Waals surface area contributed by atoms with Crippen LogP contribution in [0.4, 0.5) is 10.1 Å². The number of carbonyl (C=O) groups excluding carboxylic acids is 1. The lowest BCUT2D eigenvalue weighted by molar-refractivity contribution is 0.101. The Bertz CT molecular complexity index is 824. The molecule has 0 saturated heterocycles. The normalized spacial score (nSPS) is 10.8. The molecule has 0 saturated carbocycles. The molecule has 3 rings (SSSR count). The number of amides is 1. The van der Waals surface area contributed by atoms with Crippen LogP contribution in [-0.4, -0.2) is 10.5 Å². The van der Waals surface area contributed by atoms with E-state index in [0.717, 1.165) is 10.9 Å². The van der Waals surface area contributed by atoms with Crippen molar-refractivity contribution in [2.24, 2.45) is 7.05 Å². The molecule has 3 nitrogen and oxygen atoms in total. The van der Waals surface area contributed by atoms with Crippen LogP contribution >= 0.6 is 11.6 Å². The summed E-state index contributed by atoms with van der Waals surface area (Å²) >= 11 is 6.14. The van der Waals surface area contributed by atoms with Crippen LogP contribution in [0.1, 0.15) is 10.5 Å². The Morgan fingerprint density at radius 3 is 2.57 bits per heavy atom. The number of carbonyl (C=O) groups is 1. The summed E-state index contributed by atoms with van der Waals surface area (Å²) in [6.07, 6.45) is 0. The predicted octanol–water partition coefficient (Wildman–Crippen LogP) is 4.22. The lowest BCUT2D eigenvalue weighted by Gasteiger charge is -2.06. The van der Waals surface area contributed by atoms with Gasteiger partial charge in [0.1, 0.15) is 11.5 Å². The highest BCUT2D eigenvalue weighted by Gasteiger charge is 2.14. The molecule has 0 radical (unpaired) electrons. The maximum Gasteiger partial charge on any atom is 0.272 e. The lowest BCUT2D eigenvalue weighted by Crippen LogP contribution is -2.15. The van der Waals surface area contributed by atoms with Crippen molar-refractivity contribution >= 4 is 34.1 Å². The van der Waals surface area contributed by atoms with Crippen LogP contribution in [0.3, 0.4) is 0 Å². The summed E-state index contributed by atoms with van der Waals surface area (Å²) in [4.78, 5) is 12.3. The Morgan fingerprint density at radius 2 is 1.90 bits per heavy atom. The summed E-state index contributed by atoms with van der Waals surface area (Å²) in [7, 11) is 1.80. The highest BCUT2D eigenvalue weighted by atomic mass is 35.5. The maximum absolute atomic E-state index is 12.9. The van der Waals surface area contributed by atoms with Gasteiger partial charge in [-0.05, 0) is 42.5 Å². The van der Waals surface area contributed by atoms with E-state index in [0.29, 0.717) is 16.4 Å². The third-order valence-corrected chi connectivity index (χ3v) is 3.70. The van der Waals surface area contributed by atoms with Gasteiger partial charge in [0.2, 0.25) is 0 Å². The highest BCUT2D eigenvalue weighted by Crippen LogP contribution is 2.26. The van der Waals surface area contributed by atoms with Crippen LogP contribution in [0.15, 0.2) is 48.5 Å². The first-order valence-electron chi connectivity index (χ1n) is 6.37. The van der Waals surface area contributed by atoms with Gasteiger partial charge in [0.15, 0.2) is 0 Å². The molecule has 0 fully saturated rings. The summed E-state index contributed by atoms with van der Waals surface area (Å²) in [6.45, 7) is 0. The Kier molecular flexibility index (Phi) is 3.39. The monoisotopic (exact) mass is 302 g/mol. The molecule has 1 N–H and O–H groups in total. The molecule has 3 aromatic rings. The van der Waals surface area contributed by atoms with E-state index in [4.69, 9.17) is 11.6 Å². The van der Waals surface area contributed by atoms with Crippen molar-refractivity contribution in [1.29, 1.82) is 0 Å². The van der Waals surface area contributed by atoms with Gasteiger partial charge in [0.05, 0.1) is 0 Å². The number of fused-ring (bicyclic) bond motifs is 1. The molecular formula is C16H12ClFN2O. The number of rotatable bonds is 2. The Hall–Kier alpha value is -2.33. The predicted molar refractivity (Wildman–Crippen MR) is 82.3 cm³/mol. The average Bonchev–Trinajstić information content (AvgIpc) is 2.81. The largest absolute Gasteiger partial charge is 0.340 e. The van der Waals surface area contributed by atoms with Gasteiger partial charge >= 0.3 is 0 Å². The van der Waals surface area contributed by atoms with Crippen molar-refractivity contribution in [3.8, 4) is 0 Å². The maximum atomic E-state index is 12.9. The second-order valence-corrected chi connectivity index (χ2v) is 5.13. The molecule has 0 aliphatic carbocycles. The first-order chi connectivity index (χ1) is 10.1. The number of nitrogens with one attached hydrogen (secondary N) is 1. The topological polar surface area (TPSA) is 34.0 Å². The molecule has 0 bridgehead atoms. The van der Waals surface area contributed by atoms with Crippen molar-refractivity contribution < 1.29 is 9.18 Å². The Balaban J connectivity index is 1.96. The van der Waals surface area contributed by atoms with E-state index < -0.39 is 0 Å². The van der Waals surface area contributed by atoms with Crippen LogP contribution < -0.4 is 5.32 Å². The van der Waals surface area contributed by atoms with E-state index in [9.17, 15) is 9.18 Å². The van der Waals surface area contributed by atoms with Gasteiger partial charge in [0, 0.05) is 28.7 Å². The summed E-state index contributed by atoms with van der Waals surface area (Å²) in [6, 6.07) is 12.9. The number of aryl methyl sites for hydroxylation is 1. The van der Waals surface area contributed by atoms with Crippen LogP contribution in [0.2, 0.25) is 5.02 Å². The average molecular weight is 303 g/mol. The zero-order valence-electron chi connectivity index (χ0n) is 11.2. The van der Waals surface area contributed by atoms with Gasteiger partial charge in [-0.2, -0.15) is 0 Å². The first-order valence-corrected chi connectivity index (χ1v) is 6.75. The van der Waals surface area contributed by atoms with Crippen molar-refractivity contribution in [3.63, 3.8) is 0 Å². The van der Waals surface area contributed by atoms with E-state index >= 15 is 0 Å². The molecule has 2 aromatic carbocycles. The molecule has 0 atom stereocenters. The molecule has 0 aliphatic rings. The van der Waals surface area contributed by atoms with Crippen LogP contribution in [-0.2, 0) is 7.05 Å². The molecule has 106 valence electrons. The fourth-order valence-corrected chi connectivity index (χ4v) is 2.49. The van der Waals surface area contributed by atoms with E-state index in [1.54, 1.807) is 23.7 Å². The van der Waals surface area contributed by atoms with Gasteiger partial charge in [-0.25, -0.2) is 4.39 Å². The van der Waals surface area contributed by atoms with E-state index in [-0.39, 0.29) is 11.7 Å². The first kappa shape index (κ1) is 13.6. The molecule has 1 aromatic heterocycles. The Labute approximate surface area is 125 Å². The fourth-order valence-electron chi connectivity index (χ4n) is 2.27. The molecule has 0 spiro atoms. The summed E-state index contributed by atoms with van der Waals surface area (Å²) in [5, 5.41) is 4.16. The second kappa shape index (κ2) is 5.22. The number of hydrogen-bond donors (Lipinski definition) is 1. The standard InChI is InChI=1S/C16H12ClFN2O/c1-20-14-4-2-3-13(17)12(14)9-15(20)16(21)19-11-7-5-10(18)6-8-11/h2-9H,1H3,(H,19,21). The number of aromatic nitrogens is 1. The highest BCUT2D eigenvalue weighted by molar-refractivity contribution is 6.35. The SMILES string of the molecule is Cn1c(C(=O)Nc2ccc(F)cc2)cc2c(Cl)cccc21. The molecule has 0 aliphatic heterocycles. The molecular weight excluding hydrogens is 291 g/mol. The number of nitrogens with zero attached hydrogens (tertiary/aromatic N) is 1. The lowest BCUT2D eigenvalue weighted by atomic mass is 10.2. The number of anilines is 1. The summed E-state index contributed by atoms with van der Waals surface area (Å²) < 4.78 is 14.6. The van der Waals surface area contributed by atoms with E-state index in [1.165, 1.54) is 24.3 Å². The molecule has 0 unspecified atom stereocenters. The zero-order chi connectivity index (χ0) is 15.0. The quantitative estimate of drug-likeness (QED) is 0.755. The van der Waals surface area contributed by atoms with Crippen molar-refractivity contribution in [1.82, 2.24) is 4.57 Å². The fraction of sp³-hybridized carbons (Fsp3) is 0.0625. The van der Waals surface area contributed by atoms with Gasteiger partial charge in [0.25, 0.3) is 5.91 Å². The Morgan fingerprint density at radius 1 is 1.19 bits per heavy atom. The van der Waals surface area contributed by atoms with Crippen molar-refractivity contribution in [2.75, 3.05) is 5.32 Å². The molecule has 1 heterocycles. The number of halogens is 2. The van der Waals surface area contributed by atoms with Crippen LogP contribution in [0, 0.1) is 5.82 Å². The van der Waals surface area contributed by atoms with E-state index in [1.807, 2.05) is 12.1 Å². The van der Waals surface area contributed by atoms with Crippen molar-refractivity contribution in [2.45, 2.75) is 0 Å². The number of benzene rings is 2. The minimum Gasteiger partial charge on any atom is -0.340 e. The third kappa shape index (κ3) is 2.50. The second-order valence-electron chi connectivity index (χ2n) is 4.72. The van der Waals surface area contributed by atoms with E-state index in [2.05, 4.69) is 5.32 Å². The molecule has 5 heteroatoms. The van der Waals surface area contributed by atoms with Gasteiger partial charge in [-0.15, -0.1) is 0 Å². The summed E-state index contributed by atoms with van der Waals surface area (Å²) in [5.41, 5.74) is 1.91. The summed E-state index contributed by atoms with van der Waals surface area (Å²) in [5.74, 6) is -0.610. The van der Waals surface area contributed by atoms with Crippen molar-refractivity contribution in [3.05, 3.63) is 65.1 Å².